The number of hydrogen-bond donors (Lipinski definition) is 2. The van der Waals surface area contributed by atoms with Crippen molar-refractivity contribution in [3.05, 3.63) is 0 Å². The summed E-state index contributed by atoms with van der Waals surface area (Å²) < 4.78 is 26.4. The van der Waals surface area contributed by atoms with Crippen molar-refractivity contribution < 1.29 is 18.7 Å². The number of hydrogen-bond acceptors (Lipinski definition) is 2. The van der Waals surface area contributed by atoms with Crippen molar-refractivity contribution in [1.82, 2.24) is 5.32 Å². The Kier molecular flexibility index (Phi) is 2.21. The van der Waals surface area contributed by atoms with Crippen LogP contribution in [0.15, 0.2) is 0 Å². The molecule has 0 spiro atoms. The van der Waals surface area contributed by atoms with Gasteiger partial charge in [-0.3, -0.25) is 4.79 Å². The molecule has 3 atom stereocenters. The first-order valence-electron chi connectivity index (χ1n) is 4.83. The number of halogens is 2. The molecule has 2 rings (SSSR count). The molecule has 0 aliphatic carbocycles. The van der Waals surface area contributed by atoms with Crippen LogP contribution in [-0.2, 0) is 4.79 Å². The van der Waals surface area contributed by atoms with Crippen LogP contribution in [-0.4, -0.2) is 29.1 Å². The summed E-state index contributed by atoms with van der Waals surface area (Å²) in [5, 5.41) is 11.4. The van der Waals surface area contributed by atoms with Crippen LogP contribution >= 0.6 is 0 Å². The summed E-state index contributed by atoms with van der Waals surface area (Å²) in [6.07, 6.45) is 0.743. The van der Waals surface area contributed by atoms with Gasteiger partial charge in [0.05, 0.1) is 6.04 Å². The molecule has 2 bridgehead atoms. The van der Waals surface area contributed by atoms with Gasteiger partial charge in [-0.2, -0.15) is 0 Å². The van der Waals surface area contributed by atoms with Gasteiger partial charge in [0.15, 0.2) is 0 Å². The second-order valence-corrected chi connectivity index (χ2v) is 4.32. The average molecular weight is 205 g/mol. The van der Waals surface area contributed by atoms with E-state index in [4.69, 9.17) is 5.11 Å². The van der Waals surface area contributed by atoms with E-state index >= 15 is 0 Å². The molecule has 2 aliphatic rings. The lowest BCUT2D eigenvalue weighted by atomic mass is 9.89. The molecular formula is C9H13F2NO2. The van der Waals surface area contributed by atoms with E-state index < -0.39 is 17.9 Å². The zero-order valence-electron chi connectivity index (χ0n) is 7.67. The lowest BCUT2D eigenvalue weighted by Crippen LogP contribution is -2.43. The van der Waals surface area contributed by atoms with Crippen LogP contribution in [0.4, 0.5) is 8.78 Å². The monoisotopic (exact) mass is 205 g/mol. The van der Waals surface area contributed by atoms with Crippen molar-refractivity contribution in [2.24, 2.45) is 5.92 Å². The van der Waals surface area contributed by atoms with E-state index in [9.17, 15) is 13.6 Å². The molecule has 2 aliphatic heterocycles. The average Bonchev–Trinajstić information content (AvgIpc) is 2.19. The first kappa shape index (κ1) is 9.83. The molecule has 2 N–H and O–H groups in total. The highest BCUT2D eigenvalue weighted by molar-refractivity contribution is 5.67. The van der Waals surface area contributed by atoms with Crippen LogP contribution in [0.5, 0.6) is 0 Å². The highest BCUT2D eigenvalue weighted by Crippen LogP contribution is 2.41. The number of alkyl halides is 2. The van der Waals surface area contributed by atoms with Crippen molar-refractivity contribution in [3.63, 3.8) is 0 Å². The van der Waals surface area contributed by atoms with E-state index in [0.717, 1.165) is 0 Å². The fourth-order valence-corrected chi connectivity index (χ4v) is 2.57. The van der Waals surface area contributed by atoms with E-state index in [1.807, 2.05) is 0 Å². The number of piperidine rings is 1. The van der Waals surface area contributed by atoms with Crippen molar-refractivity contribution in [3.8, 4) is 0 Å². The van der Waals surface area contributed by atoms with Crippen LogP contribution in [0.2, 0.25) is 0 Å². The van der Waals surface area contributed by atoms with Crippen LogP contribution in [0, 0.1) is 5.92 Å². The molecule has 2 heterocycles. The second kappa shape index (κ2) is 3.15. The summed E-state index contributed by atoms with van der Waals surface area (Å²) in [4.78, 5) is 10.5. The molecule has 0 unspecified atom stereocenters. The van der Waals surface area contributed by atoms with Crippen molar-refractivity contribution in [2.45, 2.75) is 43.7 Å². The Labute approximate surface area is 80.5 Å². The minimum atomic E-state index is -2.64. The number of nitrogens with one attached hydrogen (secondary N) is 1. The molecule has 80 valence electrons. The molecule has 0 amide bonds. The topological polar surface area (TPSA) is 49.3 Å². The number of fused-ring (bicyclic) bond motifs is 2. The summed E-state index contributed by atoms with van der Waals surface area (Å²) in [7, 11) is 0. The van der Waals surface area contributed by atoms with Gasteiger partial charge in [-0.15, -0.1) is 0 Å². The lowest BCUT2D eigenvalue weighted by Gasteiger charge is -2.28. The molecule has 0 aromatic heterocycles. The predicted molar refractivity (Wildman–Crippen MR) is 45.3 cm³/mol. The van der Waals surface area contributed by atoms with Gasteiger partial charge in [0.25, 0.3) is 5.92 Å². The van der Waals surface area contributed by atoms with Crippen molar-refractivity contribution in [2.75, 3.05) is 0 Å². The van der Waals surface area contributed by atoms with Crippen LogP contribution in [0.25, 0.3) is 0 Å². The van der Waals surface area contributed by atoms with E-state index in [0.29, 0.717) is 6.42 Å². The Hall–Kier alpha value is -0.710. The fourth-order valence-electron chi connectivity index (χ4n) is 2.57. The number of rotatable bonds is 2. The van der Waals surface area contributed by atoms with Gasteiger partial charge in [0.1, 0.15) is 0 Å². The van der Waals surface area contributed by atoms with Gasteiger partial charge in [-0.25, -0.2) is 8.78 Å². The Bertz CT molecular complexity index is 257. The molecule has 0 radical (unpaired) electrons. The molecule has 5 heteroatoms. The van der Waals surface area contributed by atoms with Gasteiger partial charge in [0, 0.05) is 18.9 Å². The van der Waals surface area contributed by atoms with Gasteiger partial charge in [-0.1, -0.05) is 0 Å². The molecule has 0 saturated carbocycles. The second-order valence-electron chi connectivity index (χ2n) is 4.32. The Morgan fingerprint density at radius 2 is 2.21 bits per heavy atom. The highest BCUT2D eigenvalue weighted by Gasteiger charge is 2.52. The lowest BCUT2D eigenvalue weighted by molar-refractivity contribution is -0.138. The van der Waals surface area contributed by atoms with E-state index in [1.54, 1.807) is 0 Å². The third kappa shape index (κ3) is 1.73. The Morgan fingerprint density at radius 3 is 2.79 bits per heavy atom. The summed E-state index contributed by atoms with van der Waals surface area (Å²) in [6, 6.07) is -0.987. The predicted octanol–water partition coefficient (Wildman–Crippen LogP) is 1.24. The summed E-state index contributed by atoms with van der Waals surface area (Å²) in [5.74, 6) is -3.62. The smallest absolute Gasteiger partial charge is 0.303 e. The third-order valence-electron chi connectivity index (χ3n) is 3.12. The first-order chi connectivity index (χ1) is 6.47. The molecular weight excluding hydrogens is 192 g/mol. The maximum atomic E-state index is 13.2. The van der Waals surface area contributed by atoms with E-state index in [2.05, 4.69) is 5.32 Å². The van der Waals surface area contributed by atoms with Gasteiger partial charge in [0.2, 0.25) is 0 Å². The SMILES string of the molecule is O=C(O)C[C@H]1C[C@@H]2CC(F)(F)[C@H](C1)N2. The molecule has 0 aromatic rings. The summed E-state index contributed by atoms with van der Waals surface area (Å²) >= 11 is 0. The number of aliphatic carboxylic acids is 1. The van der Waals surface area contributed by atoms with E-state index in [-0.39, 0.29) is 31.2 Å². The third-order valence-corrected chi connectivity index (χ3v) is 3.12. The van der Waals surface area contributed by atoms with Gasteiger partial charge in [-0.05, 0) is 18.8 Å². The first-order valence-corrected chi connectivity index (χ1v) is 4.83. The molecule has 2 fully saturated rings. The number of carbonyl (C=O) groups is 1. The molecule has 3 nitrogen and oxygen atoms in total. The van der Waals surface area contributed by atoms with Crippen LogP contribution in [0.1, 0.15) is 25.7 Å². The maximum absolute atomic E-state index is 13.2. The largest absolute Gasteiger partial charge is 0.481 e. The molecule has 14 heavy (non-hydrogen) atoms. The van der Waals surface area contributed by atoms with Crippen molar-refractivity contribution >= 4 is 5.97 Å². The quantitative estimate of drug-likeness (QED) is 0.713. The standard InChI is InChI=1S/C9H13F2NO2/c10-9(11)4-6-1-5(3-8(13)14)2-7(9)12-6/h5-7,12H,1-4H2,(H,13,14)/t5-,6+,7-/m0/s1. The maximum Gasteiger partial charge on any atom is 0.303 e. The van der Waals surface area contributed by atoms with Crippen LogP contribution in [0.3, 0.4) is 0 Å². The van der Waals surface area contributed by atoms with Crippen molar-refractivity contribution in [1.29, 1.82) is 0 Å². The molecule has 0 aromatic carbocycles. The normalized spacial score (nSPS) is 39.7. The zero-order chi connectivity index (χ0) is 10.3. The van der Waals surface area contributed by atoms with E-state index in [1.165, 1.54) is 0 Å². The minimum absolute atomic E-state index is 0.0186. The number of carboxylic acid groups (broad SMARTS) is 1. The number of carboxylic acids is 1. The molecule has 2 saturated heterocycles. The van der Waals surface area contributed by atoms with Crippen LogP contribution < -0.4 is 5.32 Å². The Morgan fingerprint density at radius 1 is 1.50 bits per heavy atom. The van der Waals surface area contributed by atoms with Gasteiger partial charge < -0.3 is 10.4 Å². The zero-order valence-corrected chi connectivity index (χ0v) is 7.67. The van der Waals surface area contributed by atoms with Gasteiger partial charge >= 0.3 is 5.97 Å². The minimum Gasteiger partial charge on any atom is -0.481 e. The Balaban J connectivity index is 2.00. The highest BCUT2D eigenvalue weighted by atomic mass is 19.3. The summed E-state index contributed by atoms with van der Waals surface area (Å²) in [5.41, 5.74) is 0. The fraction of sp³-hybridized carbons (Fsp3) is 0.889. The summed E-state index contributed by atoms with van der Waals surface area (Å²) in [6.45, 7) is 0.